The summed E-state index contributed by atoms with van der Waals surface area (Å²) in [7, 11) is 1.63. The zero-order chi connectivity index (χ0) is 20.4. The van der Waals surface area contributed by atoms with Crippen molar-refractivity contribution in [2.45, 2.75) is 20.1 Å². The number of aryl methyl sites for hydroxylation is 1. The molecular formula is C22H20FN3O2S. The maximum Gasteiger partial charge on any atom is 0.265 e. The topological polar surface area (TPSA) is 56.1 Å². The molecule has 0 radical (unpaired) electrons. The van der Waals surface area contributed by atoms with Crippen LogP contribution in [0.15, 0.2) is 54.6 Å². The van der Waals surface area contributed by atoms with Crippen LogP contribution in [0.1, 0.15) is 26.5 Å². The molecule has 29 heavy (non-hydrogen) atoms. The average Bonchev–Trinajstić information content (AvgIpc) is 3.27. The summed E-state index contributed by atoms with van der Waals surface area (Å²) in [5.74, 6) is -0.429. The Balaban J connectivity index is 1.60. The number of methoxy groups -OCH3 is 1. The number of carbonyl (C=O) groups is 1. The maximum absolute atomic E-state index is 13.2. The van der Waals surface area contributed by atoms with E-state index in [1.54, 1.807) is 19.2 Å². The number of amides is 1. The molecular weight excluding hydrogens is 389 g/mol. The fourth-order valence-electron chi connectivity index (χ4n) is 3.20. The molecule has 0 bridgehead atoms. The number of benzene rings is 2. The van der Waals surface area contributed by atoms with Crippen molar-refractivity contribution in [2.75, 3.05) is 12.4 Å². The number of nitrogens with zero attached hydrogens (tertiary/aromatic N) is 2. The molecule has 5 nitrogen and oxygen atoms in total. The van der Waals surface area contributed by atoms with Crippen LogP contribution in [-0.4, -0.2) is 22.8 Å². The molecule has 0 unspecified atom stereocenters. The Bertz CT molecular complexity index is 1160. The van der Waals surface area contributed by atoms with Crippen molar-refractivity contribution in [3.05, 3.63) is 82.1 Å². The summed E-state index contributed by atoms with van der Waals surface area (Å²) >= 11 is 1.40. The number of aromatic nitrogens is 2. The molecule has 0 saturated heterocycles. The second-order valence-electron chi connectivity index (χ2n) is 6.74. The summed E-state index contributed by atoms with van der Waals surface area (Å²) in [5.41, 5.74) is 3.46. The largest absolute Gasteiger partial charge is 0.380 e. The third-order valence-corrected chi connectivity index (χ3v) is 5.79. The second-order valence-corrected chi connectivity index (χ2v) is 7.77. The first-order chi connectivity index (χ1) is 14.0. The predicted octanol–water partition coefficient (Wildman–Crippen LogP) is 4.99. The van der Waals surface area contributed by atoms with E-state index in [4.69, 9.17) is 4.74 Å². The van der Waals surface area contributed by atoms with Crippen molar-refractivity contribution in [1.82, 2.24) is 9.78 Å². The van der Waals surface area contributed by atoms with Gasteiger partial charge in [0.2, 0.25) is 0 Å². The number of nitrogens with one attached hydrogen (secondary N) is 1. The van der Waals surface area contributed by atoms with Crippen molar-refractivity contribution < 1.29 is 13.9 Å². The van der Waals surface area contributed by atoms with Gasteiger partial charge in [0.1, 0.15) is 10.6 Å². The van der Waals surface area contributed by atoms with Crippen LogP contribution >= 0.6 is 11.3 Å². The second kappa shape index (κ2) is 8.14. The number of anilines is 1. The highest BCUT2D eigenvalue weighted by molar-refractivity contribution is 7.20. The Morgan fingerprint density at radius 1 is 1.21 bits per heavy atom. The SMILES string of the molecule is COCc1ccccc1NC(=O)c1cc2c(C)nn(Cc3ccc(F)cc3)c2s1. The highest BCUT2D eigenvalue weighted by Crippen LogP contribution is 2.30. The maximum atomic E-state index is 13.2. The summed E-state index contributed by atoms with van der Waals surface area (Å²) in [5, 5.41) is 8.50. The molecule has 0 saturated carbocycles. The van der Waals surface area contributed by atoms with E-state index in [0.717, 1.165) is 32.7 Å². The van der Waals surface area contributed by atoms with Crippen LogP contribution in [-0.2, 0) is 17.9 Å². The number of halogens is 1. The molecule has 0 atom stereocenters. The number of carbonyl (C=O) groups excluding carboxylic acids is 1. The minimum absolute atomic E-state index is 0.164. The highest BCUT2D eigenvalue weighted by Gasteiger charge is 2.17. The van der Waals surface area contributed by atoms with E-state index in [0.29, 0.717) is 18.0 Å². The number of ether oxygens (including phenoxy) is 1. The standard InChI is InChI=1S/C22H20FN3O2S/c1-14-18-11-20(21(27)24-19-6-4-3-5-16(19)13-28-2)29-22(18)26(25-14)12-15-7-9-17(23)10-8-15/h3-11H,12-13H2,1-2H3,(H,24,27). The van der Waals surface area contributed by atoms with Gasteiger partial charge in [-0.05, 0) is 36.8 Å². The zero-order valence-electron chi connectivity index (χ0n) is 16.1. The van der Waals surface area contributed by atoms with Crippen LogP contribution < -0.4 is 5.32 Å². The van der Waals surface area contributed by atoms with E-state index in [1.165, 1.54) is 23.5 Å². The van der Waals surface area contributed by atoms with Crippen molar-refractivity contribution in [1.29, 1.82) is 0 Å². The molecule has 148 valence electrons. The van der Waals surface area contributed by atoms with Crippen molar-refractivity contribution in [3.63, 3.8) is 0 Å². The van der Waals surface area contributed by atoms with Gasteiger partial charge in [0, 0.05) is 23.7 Å². The lowest BCUT2D eigenvalue weighted by atomic mass is 10.2. The number of rotatable bonds is 6. The van der Waals surface area contributed by atoms with E-state index >= 15 is 0 Å². The van der Waals surface area contributed by atoms with E-state index in [2.05, 4.69) is 10.4 Å². The lowest BCUT2D eigenvalue weighted by Crippen LogP contribution is -2.12. The van der Waals surface area contributed by atoms with Crippen LogP contribution in [0.2, 0.25) is 0 Å². The van der Waals surface area contributed by atoms with Crippen molar-refractivity contribution >= 4 is 33.1 Å². The lowest BCUT2D eigenvalue weighted by molar-refractivity contribution is 0.103. The smallest absolute Gasteiger partial charge is 0.265 e. The minimum atomic E-state index is -0.264. The van der Waals surface area contributed by atoms with Crippen LogP contribution in [0.5, 0.6) is 0 Å². The van der Waals surface area contributed by atoms with Gasteiger partial charge >= 0.3 is 0 Å². The summed E-state index contributed by atoms with van der Waals surface area (Å²) in [6, 6.07) is 15.8. The minimum Gasteiger partial charge on any atom is -0.380 e. The summed E-state index contributed by atoms with van der Waals surface area (Å²) in [4.78, 5) is 14.4. The highest BCUT2D eigenvalue weighted by atomic mass is 32.1. The van der Waals surface area contributed by atoms with Gasteiger partial charge in [0.25, 0.3) is 5.91 Å². The summed E-state index contributed by atoms with van der Waals surface area (Å²) in [6.45, 7) is 2.86. The first-order valence-electron chi connectivity index (χ1n) is 9.14. The lowest BCUT2D eigenvalue weighted by Gasteiger charge is -2.09. The van der Waals surface area contributed by atoms with E-state index in [-0.39, 0.29) is 11.7 Å². The van der Waals surface area contributed by atoms with E-state index in [1.807, 2.05) is 41.9 Å². The molecule has 0 spiro atoms. The summed E-state index contributed by atoms with van der Waals surface area (Å²) < 4.78 is 20.2. The Hall–Kier alpha value is -3.03. The number of hydrogen-bond donors (Lipinski definition) is 1. The summed E-state index contributed by atoms with van der Waals surface area (Å²) in [6.07, 6.45) is 0. The molecule has 7 heteroatoms. The third kappa shape index (κ3) is 4.06. The van der Waals surface area contributed by atoms with Crippen molar-refractivity contribution in [3.8, 4) is 0 Å². The van der Waals surface area contributed by atoms with E-state index < -0.39 is 0 Å². The Kier molecular flexibility index (Phi) is 5.42. The zero-order valence-corrected chi connectivity index (χ0v) is 16.9. The molecule has 4 aromatic rings. The molecule has 2 aromatic carbocycles. The van der Waals surface area contributed by atoms with Gasteiger partial charge in [0.05, 0.1) is 23.7 Å². The Morgan fingerprint density at radius 3 is 2.72 bits per heavy atom. The molecule has 0 aliphatic heterocycles. The Labute approximate surface area is 171 Å². The third-order valence-electron chi connectivity index (χ3n) is 4.64. The van der Waals surface area contributed by atoms with Gasteiger partial charge in [-0.3, -0.25) is 9.48 Å². The molecule has 2 aromatic heterocycles. The molecule has 1 N–H and O–H groups in total. The first-order valence-corrected chi connectivity index (χ1v) is 9.96. The Morgan fingerprint density at radius 2 is 1.97 bits per heavy atom. The molecule has 4 rings (SSSR count). The average molecular weight is 409 g/mol. The number of para-hydroxylation sites is 1. The molecule has 0 fully saturated rings. The fourth-order valence-corrected chi connectivity index (χ4v) is 4.26. The van der Waals surface area contributed by atoms with Crippen LogP contribution in [0, 0.1) is 12.7 Å². The first kappa shape index (κ1) is 19.3. The van der Waals surface area contributed by atoms with Crippen LogP contribution in [0.3, 0.4) is 0 Å². The quantitative estimate of drug-likeness (QED) is 0.488. The van der Waals surface area contributed by atoms with Crippen LogP contribution in [0.4, 0.5) is 10.1 Å². The van der Waals surface area contributed by atoms with Gasteiger partial charge in [0.15, 0.2) is 0 Å². The van der Waals surface area contributed by atoms with Gasteiger partial charge in [-0.2, -0.15) is 5.10 Å². The molecule has 0 aliphatic carbocycles. The predicted molar refractivity (Wildman–Crippen MR) is 113 cm³/mol. The number of fused-ring (bicyclic) bond motifs is 1. The molecule has 2 heterocycles. The molecule has 1 amide bonds. The fraction of sp³-hybridized carbons (Fsp3) is 0.182. The molecule has 0 aliphatic rings. The van der Waals surface area contributed by atoms with E-state index in [9.17, 15) is 9.18 Å². The monoisotopic (exact) mass is 409 g/mol. The van der Waals surface area contributed by atoms with Gasteiger partial charge < -0.3 is 10.1 Å². The van der Waals surface area contributed by atoms with Crippen molar-refractivity contribution in [2.24, 2.45) is 0 Å². The van der Waals surface area contributed by atoms with Crippen LogP contribution in [0.25, 0.3) is 10.2 Å². The number of hydrogen-bond acceptors (Lipinski definition) is 4. The van der Waals surface area contributed by atoms with Gasteiger partial charge in [-0.25, -0.2) is 4.39 Å². The normalized spacial score (nSPS) is 11.1. The number of thiophene rings is 1. The van der Waals surface area contributed by atoms with Gasteiger partial charge in [-0.15, -0.1) is 11.3 Å². The van der Waals surface area contributed by atoms with Gasteiger partial charge in [-0.1, -0.05) is 30.3 Å².